The van der Waals surface area contributed by atoms with E-state index in [4.69, 9.17) is 4.74 Å². The first-order chi connectivity index (χ1) is 13.2. The largest absolute Gasteiger partial charge is 0.376 e. The molecule has 0 bridgehead atoms. The maximum absolute atomic E-state index is 12.4. The number of piperidine rings is 1. The van der Waals surface area contributed by atoms with E-state index in [0.717, 1.165) is 44.1 Å². The summed E-state index contributed by atoms with van der Waals surface area (Å²) < 4.78 is 5.56. The molecule has 2 atom stereocenters. The Labute approximate surface area is 162 Å². The highest BCUT2D eigenvalue weighted by atomic mass is 16.5. The molecule has 2 heterocycles. The topological polar surface area (TPSA) is 66.0 Å². The number of carbonyl (C=O) groups excluding carboxylic acids is 1. The molecule has 2 saturated heterocycles. The maximum Gasteiger partial charge on any atom is 0.251 e. The second-order valence-corrected chi connectivity index (χ2v) is 7.64. The summed E-state index contributed by atoms with van der Waals surface area (Å²) in [6, 6.07) is 7.78. The summed E-state index contributed by atoms with van der Waals surface area (Å²) in [6.07, 6.45) is 4.77. The number of nitrogens with one attached hydrogen (secondary N) is 2. The van der Waals surface area contributed by atoms with Crippen LogP contribution in [-0.2, 0) is 11.3 Å². The number of amides is 1. The fraction of sp³-hybridized carbons (Fsp3) is 0.619. The zero-order valence-electron chi connectivity index (χ0n) is 16.5. The van der Waals surface area contributed by atoms with Gasteiger partial charge in [-0.25, -0.2) is 0 Å². The highest BCUT2D eigenvalue weighted by Crippen LogP contribution is 2.16. The van der Waals surface area contributed by atoms with E-state index in [0.29, 0.717) is 24.6 Å². The molecule has 0 aliphatic carbocycles. The summed E-state index contributed by atoms with van der Waals surface area (Å²) in [5.74, 6) is 1.60. The van der Waals surface area contributed by atoms with Gasteiger partial charge in [0.25, 0.3) is 5.91 Å². The minimum Gasteiger partial charge on any atom is -0.376 e. The molecule has 0 spiro atoms. The van der Waals surface area contributed by atoms with Crippen LogP contribution < -0.4 is 10.6 Å². The highest BCUT2D eigenvalue weighted by Gasteiger charge is 2.19. The van der Waals surface area contributed by atoms with Crippen molar-refractivity contribution in [2.45, 2.75) is 45.3 Å². The molecule has 2 fully saturated rings. The summed E-state index contributed by atoms with van der Waals surface area (Å²) >= 11 is 0. The molecule has 1 aromatic carbocycles. The average Bonchev–Trinajstić information content (AvgIpc) is 3.20. The van der Waals surface area contributed by atoms with Crippen LogP contribution in [0.2, 0.25) is 0 Å². The van der Waals surface area contributed by atoms with Gasteiger partial charge in [0.2, 0.25) is 0 Å². The van der Waals surface area contributed by atoms with Crippen LogP contribution in [-0.4, -0.2) is 56.2 Å². The fourth-order valence-corrected chi connectivity index (χ4v) is 3.83. The van der Waals surface area contributed by atoms with Crippen LogP contribution in [0.15, 0.2) is 29.3 Å². The van der Waals surface area contributed by atoms with E-state index in [9.17, 15) is 4.79 Å². The van der Waals surface area contributed by atoms with E-state index < -0.39 is 0 Å². The first kappa shape index (κ1) is 19.7. The zero-order chi connectivity index (χ0) is 19.1. The van der Waals surface area contributed by atoms with Crippen LogP contribution in [0.1, 0.15) is 48.5 Å². The lowest BCUT2D eigenvalue weighted by Crippen LogP contribution is -2.45. The second kappa shape index (κ2) is 9.74. The molecule has 6 nitrogen and oxygen atoms in total. The Morgan fingerprint density at radius 2 is 2.19 bits per heavy atom. The molecule has 27 heavy (non-hydrogen) atoms. The number of ether oxygens (including phenoxy) is 1. The Balaban J connectivity index is 1.52. The molecular formula is C21H32N4O2. The molecule has 2 aliphatic heterocycles. The molecule has 3 rings (SSSR count). The maximum atomic E-state index is 12.4. The molecule has 6 heteroatoms. The molecule has 1 amide bonds. The van der Waals surface area contributed by atoms with Crippen molar-refractivity contribution in [3.63, 3.8) is 0 Å². The third-order valence-corrected chi connectivity index (χ3v) is 5.32. The Hall–Kier alpha value is -2.08. The van der Waals surface area contributed by atoms with Gasteiger partial charge in [-0.15, -0.1) is 0 Å². The number of likely N-dealkylation sites (tertiary alicyclic amines) is 1. The number of aliphatic imine (C=N–C) groups is 1. The van der Waals surface area contributed by atoms with Crippen molar-refractivity contribution in [3.8, 4) is 0 Å². The summed E-state index contributed by atoms with van der Waals surface area (Å²) in [7, 11) is 1.83. The molecule has 0 saturated carbocycles. The van der Waals surface area contributed by atoms with E-state index in [1.807, 2.05) is 31.3 Å². The molecule has 2 unspecified atom stereocenters. The van der Waals surface area contributed by atoms with Gasteiger partial charge >= 0.3 is 0 Å². The number of nitrogens with zero attached hydrogens (tertiary/aromatic N) is 2. The van der Waals surface area contributed by atoms with E-state index in [-0.39, 0.29) is 12.0 Å². The van der Waals surface area contributed by atoms with E-state index in [2.05, 4.69) is 27.4 Å². The van der Waals surface area contributed by atoms with Crippen LogP contribution >= 0.6 is 0 Å². The summed E-state index contributed by atoms with van der Waals surface area (Å²) in [4.78, 5) is 19.2. The number of benzene rings is 1. The quantitative estimate of drug-likeness (QED) is 0.615. The van der Waals surface area contributed by atoms with E-state index >= 15 is 0 Å². The van der Waals surface area contributed by atoms with Crippen molar-refractivity contribution in [3.05, 3.63) is 35.4 Å². The van der Waals surface area contributed by atoms with E-state index in [1.54, 1.807) is 0 Å². The normalized spacial score (nSPS) is 23.3. The van der Waals surface area contributed by atoms with Crippen LogP contribution in [0, 0.1) is 5.92 Å². The van der Waals surface area contributed by atoms with Gasteiger partial charge in [-0.1, -0.05) is 19.1 Å². The predicted molar refractivity (Wildman–Crippen MR) is 108 cm³/mol. The average molecular weight is 373 g/mol. The summed E-state index contributed by atoms with van der Waals surface area (Å²) in [5.41, 5.74) is 1.76. The summed E-state index contributed by atoms with van der Waals surface area (Å²) in [6.45, 7) is 6.43. The predicted octanol–water partition coefficient (Wildman–Crippen LogP) is 2.40. The Bertz CT molecular complexity index is 655. The fourth-order valence-electron chi connectivity index (χ4n) is 3.83. The molecular weight excluding hydrogens is 340 g/mol. The number of rotatable bonds is 5. The standard InChI is InChI=1S/C21H32N4O2/c1-16-6-4-10-25(15-16)21(22-2)24-13-17-7-3-8-18(12-17)20(26)23-14-19-9-5-11-27-19/h3,7-8,12,16,19H,4-6,9-11,13-15H2,1-2H3,(H,22,24)(H,23,26). The molecule has 0 aromatic heterocycles. The SMILES string of the molecule is CN=C(NCc1cccc(C(=O)NCC2CCCO2)c1)N1CCCC(C)C1. The third kappa shape index (κ3) is 5.70. The van der Waals surface area contributed by atoms with Gasteiger partial charge < -0.3 is 20.3 Å². The van der Waals surface area contributed by atoms with E-state index in [1.165, 1.54) is 12.8 Å². The number of hydrogen-bond acceptors (Lipinski definition) is 3. The van der Waals surface area contributed by atoms with Crippen LogP contribution in [0.4, 0.5) is 0 Å². The van der Waals surface area contributed by atoms with Crippen molar-refractivity contribution in [1.29, 1.82) is 0 Å². The smallest absolute Gasteiger partial charge is 0.251 e. The van der Waals surface area contributed by atoms with Crippen LogP contribution in [0.3, 0.4) is 0 Å². The lowest BCUT2D eigenvalue weighted by molar-refractivity contribution is 0.0857. The monoisotopic (exact) mass is 372 g/mol. The third-order valence-electron chi connectivity index (χ3n) is 5.32. The van der Waals surface area contributed by atoms with Crippen molar-refractivity contribution >= 4 is 11.9 Å². The molecule has 0 radical (unpaired) electrons. The van der Waals surface area contributed by atoms with Gasteiger partial charge in [0.15, 0.2) is 5.96 Å². The second-order valence-electron chi connectivity index (χ2n) is 7.64. The Morgan fingerprint density at radius 3 is 2.93 bits per heavy atom. The molecule has 1 aromatic rings. The number of hydrogen-bond donors (Lipinski definition) is 2. The Kier molecular flexibility index (Phi) is 7.10. The van der Waals surface area contributed by atoms with Gasteiger partial charge in [-0.05, 0) is 49.3 Å². The minimum atomic E-state index is -0.0402. The van der Waals surface area contributed by atoms with Gasteiger partial charge in [0.1, 0.15) is 0 Å². The molecule has 2 aliphatic rings. The highest BCUT2D eigenvalue weighted by molar-refractivity contribution is 5.94. The Morgan fingerprint density at radius 1 is 1.30 bits per heavy atom. The number of carbonyl (C=O) groups is 1. The van der Waals surface area contributed by atoms with Crippen molar-refractivity contribution in [2.75, 3.05) is 33.3 Å². The zero-order valence-corrected chi connectivity index (χ0v) is 16.5. The van der Waals surface area contributed by atoms with Crippen LogP contribution in [0.5, 0.6) is 0 Å². The van der Waals surface area contributed by atoms with Crippen LogP contribution in [0.25, 0.3) is 0 Å². The first-order valence-electron chi connectivity index (χ1n) is 10.1. The van der Waals surface area contributed by atoms with Gasteiger partial charge in [0.05, 0.1) is 6.10 Å². The van der Waals surface area contributed by atoms with Gasteiger partial charge in [0, 0.05) is 45.4 Å². The molecule has 2 N–H and O–H groups in total. The minimum absolute atomic E-state index is 0.0402. The van der Waals surface area contributed by atoms with Crippen molar-refractivity contribution in [1.82, 2.24) is 15.5 Å². The van der Waals surface area contributed by atoms with Crippen molar-refractivity contribution in [2.24, 2.45) is 10.9 Å². The molecule has 148 valence electrons. The number of guanidine groups is 1. The van der Waals surface area contributed by atoms with Gasteiger partial charge in [-0.3, -0.25) is 9.79 Å². The van der Waals surface area contributed by atoms with Crippen molar-refractivity contribution < 1.29 is 9.53 Å². The first-order valence-corrected chi connectivity index (χ1v) is 10.1. The summed E-state index contributed by atoms with van der Waals surface area (Å²) in [5, 5.41) is 6.43. The lowest BCUT2D eigenvalue weighted by atomic mass is 10.0. The van der Waals surface area contributed by atoms with Gasteiger partial charge in [-0.2, -0.15) is 0 Å². The lowest BCUT2D eigenvalue weighted by Gasteiger charge is -2.33.